The van der Waals surface area contributed by atoms with Crippen molar-refractivity contribution < 1.29 is 4.79 Å². The van der Waals surface area contributed by atoms with Crippen LogP contribution in [-0.4, -0.2) is 5.78 Å². The van der Waals surface area contributed by atoms with Crippen molar-refractivity contribution >= 4 is 5.78 Å². The summed E-state index contributed by atoms with van der Waals surface area (Å²) >= 11 is 0. The second-order valence-corrected chi connectivity index (χ2v) is 6.51. The van der Waals surface area contributed by atoms with E-state index in [1.165, 1.54) is 11.1 Å². The molecule has 0 aliphatic rings. The maximum Gasteiger partial charge on any atom is 0.140 e. The molecule has 3 aromatic rings. The van der Waals surface area contributed by atoms with Crippen LogP contribution in [-0.2, 0) is 4.79 Å². The molecule has 0 aromatic heterocycles. The van der Waals surface area contributed by atoms with Crippen molar-refractivity contribution in [1.29, 1.82) is 0 Å². The van der Waals surface area contributed by atoms with Crippen molar-refractivity contribution in [2.45, 2.75) is 31.6 Å². The van der Waals surface area contributed by atoms with Crippen molar-refractivity contribution in [2.75, 3.05) is 0 Å². The lowest BCUT2D eigenvalue weighted by Gasteiger charge is -2.19. The van der Waals surface area contributed by atoms with Crippen LogP contribution in [0.2, 0.25) is 0 Å². The summed E-state index contributed by atoms with van der Waals surface area (Å²) in [5.74, 6) is 0.519. The summed E-state index contributed by atoms with van der Waals surface area (Å²) < 4.78 is 0. The average molecular weight is 328 g/mol. The Morgan fingerprint density at radius 1 is 0.680 bits per heavy atom. The fraction of sp³-hybridized carbons (Fsp3) is 0.208. The Morgan fingerprint density at radius 3 is 1.52 bits per heavy atom. The van der Waals surface area contributed by atoms with E-state index >= 15 is 0 Å². The molecule has 0 amide bonds. The molecule has 0 saturated heterocycles. The molecule has 0 aliphatic heterocycles. The third-order valence-corrected chi connectivity index (χ3v) is 4.87. The molecule has 0 bridgehead atoms. The SMILES string of the molecule is CC(C(=O)CCC(c1ccccc1)c1ccccc1)c1ccccc1. The molecule has 0 saturated carbocycles. The third-order valence-electron chi connectivity index (χ3n) is 4.87. The topological polar surface area (TPSA) is 17.1 Å². The number of ketones is 1. The smallest absolute Gasteiger partial charge is 0.140 e. The lowest BCUT2D eigenvalue weighted by atomic mass is 9.85. The molecule has 1 nitrogen and oxygen atoms in total. The van der Waals surface area contributed by atoms with E-state index in [1.807, 2.05) is 49.4 Å². The van der Waals surface area contributed by atoms with E-state index in [2.05, 4.69) is 48.5 Å². The molecule has 25 heavy (non-hydrogen) atoms. The van der Waals surface area contributed by atoms with Gasteiger partial charge in [0.1, 0.15) is 5.78 Å². The maximum atomic E-state index is 12.7. The Kier molecular flexibility index (Phi) is 5.79. The molecule has 3 rings (SSSR count). The number of benzene rings is 3. The van der Waals surface area contributed by atoms with Crippen LogP contribution in [0, 0.1) is 0 Å². The van der Waals surface area contributed by atoms with Crippen LogP contribution in [0.25, 0.3) is 0 Å². The highest BCUT2D eigenvalue weighted by Crippen LogP contribution is 2.30. The van der Waals surface area contributed by atoms with Crippen LogP contribution in [0.1, 0.15) is 48.3 Å². The zero-order valence-corrected chi connectivity index (χ0v) is 14.6. The quantitative estimate of drug-likeness (QED) is 0.522. The first kappa shape index (κ1) is 17.2. The van der Waals surface area contributed by atoms with Crippen LogP contribution in [0.3, 0.4) is 0 Å². The zero-order chi connectivity index (χ0) is 17.5. The molecule has 3 aromatic carbocycles. The predicted octanol–water partition coefficient (Wildman–Crippen LogP) is 5.97. The largest absolute Gasteiger partial charge is 0.299 e. The van der Waals surface area contributed by atoms with Crippen molar-refractivity contribution in [3.8, 4) is 0 Å². The zero-order valence-electron chi connectivity index (χ0n) is 14.6. The van der Waals surface area contributed by atoms with Gasteiger partial charge in [0.2, 0.25) is 0 Å². The molecule has 0 heterocycles. The first-order valence-electron chi connectivity index (χ1n) is 8.93. The normalized spacial score (nSPS) is 12.1. The standard InChI is InChI=1S/C24H24O/c1-19(20-11-5-2-6-12-20)24(25)18-17-23(21-13-7-3-8-14-21)22-15-9-4-10-16-22/h2-16,19,23H,17-18H2,1H3. The monoisotopic (exact) mass is 328 g/mol. The van der Waals surface area contributed by atoms with Crippen molar-refractivity contribution in [3.63, 3.8) is 0 Å². The van der Waals surface area contributed by atoms with E-state index in [0.29, 0.717) is 12.2 Å². The molecule has 126 valence electrons. The number of hydrogen-bond acceptors (Lipinski definition) is 1. The Labute approximate surface area is 150 Å². The van der Waals surface area contributed by atoms with E-state index < -0.39 is 0 Å². The van der Waals surface area contributed by atoms with E-state index in [-0.39, 0.29) is 11.8 Å². The van der Waals surface area contributed by atoms with Gasteiger partial charge >= 0.3 is 0 Å². The maximum absolute atomic E-state index is 12.7. The van der Waals surface area contributed by atoms with Gasteiger partial charge in [-0.1, -0.05) is 97.9 Å². The summed E-state index contributed by atoms with van der Waals surface area (Å²) in [6, 6.07) is 31.0. The third kappa shape index (κ3) is 4.45. The Morgan fingerprint density at radius 2 is 1.08 bits per heavy atom. The summed E-state index contributed by atoms with van der Waals surface area (Å²) in [6.07, 6.45) is 1.43. The van der Waals surface area contributed by atoms with Gasteiger partial charge in [-0.2, -0.15) is 0 Å². The van der Waals surface area contributed by atoms with Gasteiger partial charge in [0, 0.05) is 18.3 Å². The van der Waals surface area contributed by atoms with Crippen LogP contribution >= 0.6 is 0 Å². The molecule has 1 heteroatoms. The number of carbonyl (C=O) groups excluding carboxylic acids is 1. The van der Waals surface area contributed by atoms with Gasteiger partial charge in [0.25, 0.3) is 0 Å². The van der Waals surface area contributed by atoms with Crippen LogP contribution in [0.5, 0.6) is 0 Å². The molecular formula is C24H24O. The molecule has 1 atom stereocenters. The minimum absolute atomic E-state index is 0.0478. The van der Waals surface area contributed by atoms with Crippen LogP contribution in [0.4, 0.5) is 0 Å². The van der Waals surface area contributed by atoms with Crippen molar-refractivity contribution in [2.24, 2.45) is 0 Å². The highest BCUT2D eigenvalue weighted by molar-refractivity contribution is 5.85. The second-order valence-electron chi connectivity index (χ2n) is 6.51. The van der Waals surface area contributed by atoms with Gasteiger partial charge in [-0.05, 0) is 23.1 Å². The summed E-state index contributed by atoms with van der Waals surface area (Å²) in [5.41, 5.74) is 3.64. The lowest BCUT2D eigenvalue weighted by Crippen LogP contribution is -2.11. The first-order chi connectivity index (χ1) is 12.3. The van der Waals surface area contributed by atoms with Gasteiger partial charge in [0.05, 0.1) is 0 Å². The summed E-state index contributed by atoms with van der Waals surface area (Å²) in [6.45, 7) is 2.01. The van der Waals surface area contributed by atoms with Crippen LogP contribution < -0.4 is 0 Å². The average Bonchev–Trinajstić information content (AvgIpc) is 2.70. The molecule has 0 N–H and O–H groups in total. The van der Waals surface area contributed by atoms with E-state index in [9.17, 15) is 4.79 Å². The van der Waals surface area contributed by atoms with E-state index in [1.54, 1.807) is 0 Å². The Balaban J connectivity index is 1.74. The lowest BCUT2D eigenvalue weighted by molar-refractivity contribution is -0.120. The number of Topliss-reactive ketones (excluding diaryl/α,β-unsaturated/α-hetero) is 1. The molecule has 0 spiro atoms. The Bertz CT molecular complexity index is 739. The number of rotatable bonds is 7. The fourth-order valence-electron chi connectivity index (χ4n) is 3.33. The van der Waals surface area contributed by atoms with Gasteiger partial charge in [-0.3, -0.25) is 4.79 Å². The van der Waals surface area contributed by atoms with Crippen molar-refractivity contribution in [1.82, 2.24) is 0 Å². The second kappa shape index (κ2) is 8.43. The highest BCUT2D eigenvalue weighted by atomic mass is 16.1. The van der Waals surface area contributed by atoms with Crippen LogP contribution in [0.15, 0.2) is 91.0 Å². The molecule has 0 aliphatic carbocycles. The van der Waals surface area contributed by atoms with Gasteiger partial charge in [-0.25, -0.2) is 0 Å². The Hall–Kier alpha value is -2.67. The van der Waals surface area contributed by atoms with Gasteiger partial charge in [0.15, 0.2) is 0 Å². The minimum atomic E-state index is -0.0478. The first-order valence-corrected chi connectivity index (χ1v) is 8.93. The van der Waals surface area contributed by atoms with Crippen molar-refractivity contribution in [3.05, 3.63) is 108 Å². The number of carbonyl (C=O) groups is 1. The minimum Gasteiger partial charge on any atom is -0.299 e. The summed E-state index contributed by atoms with van der Waals surface area (Å²) in [7, 11) is 0. The fourth-order valence-corrected chi connectivity index (χ4v) is 3.33. The predicted molar refractivity (Wildman–Crippen MR) is 104 cm³/mol. The summed E-state index contributed by atoms with van der Waals surface area (Å²) in [5, 5.41) is 0. The molecule has 0 fully saturated rings. The number of hydrogen-bond donors (Lipinski definition) is 0. The van der Waals surface area contributed by atoms with Gasteiger partial charge < -0.3 is 0 Å². The molecule has 0 radical (unpaired) electrons. The summed E-state index contributed by atoms with van der Waals surface area (Å²) in [4.78, 5) is 12.7. The van der Waals surface area contributed by atoms with E-state index in [4.69, 9.17) is 0 Å². The van der Waals surface area contributed by atoms with Gasteiger partial charge in [-0.15, -0.1) is 0 Å². The molecule has 1 unspecified atom stereocenters. The molecular weight excluding hydrogens is 304 g/mol. The highest BCUT2D eigenvalue weighted by Gasteiger charge is 2.19. The van der Waals surface area contributed by atoms with E-state index in [0.717, 1.165) is 12.0 Å².